The fraction of sp³-hybridized carbons (Fsp3) is 0.400. The molecule has 1 amide bonds. The summed E-state index contributed by atoms with van der Waals surface area (Å²) in [6, 6.07) is 14.7. The van der Waals surface area contributed by atoms with Crippen LogP contribution >= 0.6 is 11.6 Å². The monoisotopic (exact) mass is 452 g/mol. The van der Waals surface area contributed by atoms with E-state index in [0.717, 1.165) is 55.1 Å². The molecule has 3 heterocycles. The maximum atomic E-state index is 12.9. The van der Waals surface area contributed by atoms with Gasteiger partial charge in [-0.15, -0.1) is 11.6 Å². The molecule has 3 N–H and O–H groups in total. The highest BCUT2D eigenvalue weighted by molar-refractivity contribution is 6.27. The van der Waals surface area contributed by atoms with E-state index in [0.29, 0.717) is 6.54 Å². The Morgan fingerprint density at radius 2 is 1.94 bits per heavy atom. The minimum atomic E-state index is -0.201. The lowest BCUT2D eigenvalue weighted by Gasteiger charge is -2.41. The van der Waals surface area contributed by atoms with Gasteiger partial charge in [0.25, 0.3) is 0 Å². The second-order valence-electron chi connectivity index (χ2n) is 8.68. The molecule has 0 saturated carbocycles. The molecule has 0 bridgehead atoms. The van der Waals surface area contributed by atoms with Gasteiger partial charge in [-0.1, -0.05) is 18.2 Å². The van der Waals surface area contributed by atoms with Gasteiger partial charge in [0, 0.05) is 48.0 Å². The standard InChI is InChI=1S/C25H29ClN4O2/c1-16-12-21-20-13-17(15-27)2-7-22(20)28-24(21)25(30(16)23(31)14-26)18-3-5-19(6-4-18)29-8-10-32-11-9-29/h2-7,13,16,25,28H,8-12,14-15,27H2,1H3/t16-,25-/m0/s1. The van der Waals surface area contributed by atoms with Crippen LogP contribution in [0.2, 0.25) is 0 Å². The summed E-state index contributed by atoms with van der Waals surface area (Å²) in [6.45, 7) is 5.91. The Kier molecular flexibility index (Phi) is 5.84. The van der Waals surface area contributed by atoms with Crippen molar-refractivity contribution < 1.29 is 9.53 Å². The van der Waals surface area contributed by atoms with Crippen molar-refractivity contribution in [3.05, 3.63) is 64.8 Å². The number of nitrogens with zero attached hydrogens (tertiary/aromatic N) is 2. The molecule has 7 heteroatoms. The lowest BCUT2D eigenvalue weighted by Crippen LogP contribution is -2.47. The van der Waals surface area contributed by atoms with Gasteiger partial charge in [-0.05, 0) is 54.3 Å². The first-order chi connectivity index (χ1) is 15.6. The average Bonchev–Trinajstić information content (AvgIpc) is 3.20. The molecule has 5 rings (SSSR count). The van der Waals surface area contributed by atoms with Gasteiger partial charge in [-0.2, -0.15) is 0 Å². The number of benzene rings is 2. The predicted octanol–water partition coefficient (Wildman–Crippen LogP) is 3.56. The molecule has 2 atom stereocenters. The summed E-state index contributed by atoms with van der Waals surface area (Å²) in [7, 11) is 0. The van der Waals surface area contributed by atoms with Crippen LogP contribution in [0.4, 0.5) is 5.69 Å². The van der Waals surface area contributed by atoms with Gasteiger partial charge in [0.15, 0.2) is 0 Å². The third-order valence-corrected chi connectivity index (χ3v) is 6.98. The molecule has 32 heavy (non-hydrogen) atoms. The number of fused-ring (bicyclic) bond motifs is 3. The van der Waals surface area contributed by atoms with Crippen molar-refractivity contribution in [1.29, 1.82) is 0 Å². The zero-order chi connectivity index (χ0) is 22.2. The molecule has 1 saturated heterocycles. The third-order valence-electron chi connectivity index (χ3n) is 6.75. The summed E-state index contributed by atoms with van der Waals surface area (Å²) in [5.74, 6) is -0.0760. The largest absolute Gasteiger partial charge is 0.378 e. The van der Waals surface area contributed by atoms with Crippen molar-refractivity contribution in [1.82, 2.24) is 9.88 Å². The van der Waals surface area contributed by atoms with Crippen LogP contribution in [0.5, 0.6) is 0 Å². The number of alkyl halides is 1. The highest BCUT2D eigenvalue weighted by Crippen LogP contribution is 2.41. The van der Waals surface area contributed by atoms with E-state index in [2.05, 4.69) is 59.3 Å². The number of carbonyl (C=O) groups is 1. The molecule has 2 aliphatic heterocycles. The van der Waals surface area contributed by atoms with E-state index in [1.165, 1.54) is 16.6 Å². The van der Waals surface area contributed by atoms with E-state index < -0.39 is 0 Å². The zero-order valence-corrected chi connectivity index (χ0v) is 19.1. The van der Waals surface area contributed by atoms with Crippen LogP contribution in [0.3, 0.4) is 0 Å². The topological polar surface area (TPSA) is 74.6 Å². The van der Waals surface area contributed by atoms with Crippen LogP contribution < -0.4 is 10.6 Å². The second kappa shape index (κ2) is 8.77. The summed E-state index contributed by atoms with van der Waals surface area (Å²) in [5, 5.41) is 1.20. The van der Waals surface area contributed by atoms with Crippen molar-refractivity contribution in [3.8, 4) is 0 Å². The van der Waals surface area contributed by atoms with E-state index in [4.69, 9.17) is 22.1 Å². The van der Waals surface area contributed by atoms with E-state index in [1.54, 1.807) is 0 Å². The number of aromatic nitrogens is 1. The number of hydrogen-bond donors (Lipinski definition) is 2. The summed E-state index contributed by atoms with van der Waals surface area (Å²) >= 11 is 6.04. The van der Waals surface area contributed by atoms with Gasteiger partial charge in [0.2, 0.25) is 5.91 Å². The Morgan fingerprint density at radius 3 is 2.62 bits per heavy atom. The number of aromatic amines is 1. The number of nitrogens with one attached hydrogen (secondary N) is 1. The van der Waals surface area contributed by atoms with Gasteiger partial charge < -0.3 is 25.3 Å². The Balaban J connectivity index is 1.60. The van der Waals surface area contributed by atoms with Gasteiger partial charge in [-0.25, -0.2) is 0 Å². The number of H-pyrrole nitrogens is 1. The summed E-state index contributed by atoms with van der Waals surface area (Å²) in [4.78, 5) is 20.8. The SMILES string of the molecule is C[C@H]1Cc2c([nH]c3ccc(CN)cc23)[C@H](c2ccc(N3CCOCC3)cc2)N1C(=O)CCl. The van der Waals surface area contributed by atoms with Gasteiger partial charge >= 0.3 is 0 Å². The molecule has 2 aromatic carbocycles. The Bertz CT molecular complexity index is 1120. The molecule has 168 valence electrons. The molecule has 3 aromatic rings. The molecule has 1 fully saturated rings. The van der Waals surface area contributed by atoms with Gasteiger partial charge in [-0.3, -0.25) is 4.79 Å². The number of morpholine rings is 1. The first-order valence-corrected chi connectivity index (χ1v) is 11.8. The molecule has 6 nitrogen and oxygen atoms in total. The summed E-state index contributed by atoms with van der Waals surface area (Å²) in [6.07, 6.45) is 0.786. The smallest absolute Gasteiger partial charge is 0.238 e. The maximum Gasteiger partial charge on any atom is 0.238 e. The first kappa shape index (κ1) is 21.3. The van der Waals surface area contributed by atoms with E-state index in [1.807, 2.05) is 4.90 Å². The molecule has 1 aromatic heterocycles. The number of carbonyl (C=O) groups excluding carboxylic acids is 1. The number of nitrogens with two attached hydrogens (primary N) is 1. The van der Waals surface area contributed by atoms with Crippen LogP contribution in [-0.2, 0) is 22.5 Å². The highest BCUT2D eigenvalue weighted by Gasteiger charge is 2.38. The molecule has 2 aliphatic rings. The summed E-state index contributed by atoms with van der Waals surface area (Å²) in [5.41, 5.74) is 12.7. The molecule has 0 radical (unpaired) electrons. The molecular formula is C25H29ClN4O2. The first-order valence-electron chi connectivity index (χ1n) is 11.2. The predicted molar refractivity (Wildman–Crippen MR) is 128 cm³/mol. The quantitative estimate of drug-likeness (QED) is 0.593. The van der Waals surface area contributed by atoms with E-state index >= 15 is 0 Å². The van der Waals surface area contributed by atoms with E-state index in [9.17, 15) is 4.79 Å². The maximum absolute atomic E-state index is 12.9. The minimum absolute atomic E-state index is 0.0282. The van der Waals surface area contributed by atoms with Gasteiger partial charge in [0.05, 0.1) is 19.3 Å². The number of rotatable bonds is 4. The van der Waals surface area contributed by atoms with Crippen molar-refractivity contribution in [2.75, 3.05) is 37.1 Å². The van der Waals surface area contributed by atoms with Crippen LogP contribution in [0, 0.1) is 0 Å². The number of hydrogen-bond acceptors (Lipinski definition) is 4. The van der Waals surface area contributed by atoms with Crippen LogP contribution in [0.15, 0.2) is 42.5 Å². The fourth-order valence-corrected chi connectivity index (χ4v) is 5.30. The molecule has 0 aliphatic carbocycles. The molecular weight excluding hydrogens is 424 g/mol. The Labute approximate surface area is 193 Å². The van der Waals surface area contributed by atoms with Crippen molar-refractivity contribution in [2.45, 2.75) is 32.0 Å². The molecule has 0 spiro atoms. The van der Waals surface area contributed by atoms with Crippen LogP contribution in [0.25, 0.3) is 10.9 Å². The number of halogens is 1. The highest BCUT2D eigenvalue weighted by atomic mass is 35.5. The Morgan fingerprint density at radius 1 is 1.19 bits per heavy atom. The van der Waals surface area contributed by atoms with Crippen LogP contribution in [-0.4, -0.2) is 54.0 Å². The van der Waals surface area contributed by atoms with Crippen LogP contribution in [0.1, 0.15) is 35.3 Å². The summed E-state index contributed by atoms with van der Waals surface area (Å²) < 4.78 is 5.48. The Hall–Kier alpha value is -2.54. The minimum Gasteiger partial charge on any atom is -0.378 e. The van der Waals surface area contributed by atoms with Crippen molar-refractivity contribution in [2.24, 2.45) is 5.73 Å². The lowest BCUT2D eigenvalue weighted by molar-refractivity contribution is -0.133. The number of amides is 1. The molecule has 0 unspecified atom stereocenters. The lowest BCUT2D eigenvalue weighted by atomic mass is 9.88. The fourth-order valence-electron chi connectivity index (χ4n) is 5.16. The second-order valence-corrected chi connectivity index (χ2v) is 8.95. The van der Waals surface area contributed by atoms with Crippen molar-refractivity contribution >= 4 is 34.1 Å². The normalized spacial score (nSPS) is 21.1. The van der Waals surface area contributed by atoms with Crippen molar-refractivity contribution in [3.63, 3.8) is 0 Å². The van der Waals surface area contributed by atoms with E-state index in [-0.39, 0.29) is 23.9 Å². The zero-order valence-electron chi connectivity index (χ0n) is 18.3. The number of anilines is 1. The average molecular weight is 453 g/mol. The third kappa shape index (κ3) is 3.66. The van der Waals surface area contributed by atoms with Gasteiger partial charge in [0.1, 0.15) is 5.88 Å². The number of ether oxygens (including phenoxy) is 1.